The minimum atomic E-state index is -2.72. The third-order valence-electron chi connectivity index (χ3n) is 4.32. The first-order valence-electron chi connectivity index (χ1n) is 11.7. The van der Waals surface area contributed by atoms with Crippen molar-refractivity contribution in [3.63, 3.8) is 0 Å². The van der Waals surface area contributed by atoms with Crippen LogP contribution in [0.2, 0.25) is 17.0 Å². The van der Waals surface area contributed by atoms with Gasteiger partial charge in [-0.05, 0) is 83.1 Å². The lowest BCUT2D eigenvalue weighted by Crippen LogP contribution is -2.71. The fraction of sp³-hybridized carbons (Fsp3) is 1.00. The molecule has 1 aliphatic rings. The molecule has 1 rings (SSSR count). The number of rotatable bonds is 12. The highest BCUT2D eigenvalue weighted by Crippen LogP contribution is 2.46. The van der Waals surface area contributed by atoms with E-state index in [1.165, 1.54) is 0 Å². The largest absolute Gasteiger partial charge is 0.392 e. The maximum absolute atomic E-state index is 6.69. The van der Waals surface area contributed by atoms with Gasteiger partial charge in [-0.15, -0.1) is 0 Å². The fourth-order valence-corrected chi connectivity index (χ4v) is 28.6. The standard InChI is InChI=1S/C21H48O6Si3/c1-16(2)22-28(23-17(3)4)13-29(24-18(5)6,25-19(7)8)15-30(14-28,26-20(9)10)27-21(11)12/h16-21H,13-15H2,1-12H3. The van der Waals surface area contributed by atoms with Crippen molar-refractivity contribution in [1.29, 1.82) is 0 Å². The molecule has 0 amide bonds. The number of hydrogen-bond donors (Lipinski definition) is 0. The van der Waals surface area contributed by atoms with Gasteiger partial charge in [0.05, 0.1) is 0 Å². The number of hydrogen-bond acceptors (Lipinski definition) is 6. The van der Waals surface area contributed by atoms with Gasteiger partial charge in [0.15, 0.2) is 0 Å². The summed E-state index contributed by atoms with van der Waals surface area (Å²) in [6.07, 6.45) is 0.351. The summed E-state index contributed by atoms with van der Waals surface area (Å²) < 4.78 is 40.2. The second-order valence-electron chi connectivity index (χ2n) is 10.3. The molecule has 0 aromatic heterocycles. The van der Waals surface area contributed by atoms with Gasteiger partial charge < -0.3 is 26.6 Å². The van der Waals surface area contributed by atoms with Crippen LogP contribution in [0.3, 0.4) is 0 Å². The van der Waals surface area contributed by atoms with Crippen LogP contribution in [-0.2, 0) is 26.6 Å². The van der Waals surface area contributed by atoms with Crippen molar-refractivity contribution in [1.82, 2.24) is 0 Å². The highest BCUT2D eigenvalue weighted by molar-refractivity contribution is 7.03. The smallest absolute Gasteiger partial charge is 0.342 e. The Bertz CT molecular complexity index is 398. The van der Waals surface area contributed by atoms with E-state index in [9.17, 15) is 0 Å². The zero-order chi connectivity index (χ0) is 23.3. The lowest BCUT2D eigenvalue weighted by Gasteiger charge is -2.51. The maximum Gasteiger partial charge on any atom is 0.342 e. The van der Waals surface area contributed by atoms with E-state index in [1.807, 2.05) is 0 Å². The zero-order valence-electron chi connectivity index (χ0n) is 21.5. The average molecular weight is 481 g/mol. The van der Waals surface area contributed by atoms with Crippen LogP contribution >= 0.6 is 0 Å². The van der Waals surface area contributed by atoms with Crippen LogP contribution in [0.4, 0.5) is 0 Å². The molecule has 1 aliphatic heterocycles. The lowest BCUT2D eigenvalue weighted by molar-refractivity contribution is 0.0674. The molecule has 1 fully saturated rings. The van der Waals surface area contributed by atoms with Gasteiger partial charge in [0.25, 0.3) is 0 Å². The van der Waals surface area contributed by atoms with Crippen LogP contribution in [0.15, 0.2) is 0 Å². The van der Waals surface area contributed by atoms with E-state index in [0.717, 1.165) is 17.0 Å². The molecule has 0 saturated carbocycles. The first-order valence-corrected chi connectivity index (χ1v) is 18.4. The topological polar surface area (TPSA) is 55.4 Å². The third-order valence-corrected chi connectivity index (χ3v) is 22.7. The van der Waals surface area contributed by atoms with Crippen molar-refractivity contribution in [3.8, 4) is 0 Å². The van der Waals surface area contributed by atoms with Gasteiger partial charge in [-0.2, -0.15) is 0 Å². The summed E-state index contributed by atoms with van der Waals surface area (Å²) in [5.41, 5.74) is 2.26. The van der Waals surface area contributed by atoms with Gasteiger partial charge in [0.1, 0.15) is 0 Å². The van der Waals surface area contributed by atoms with Crippen molar-refractivity contribution in [2.45, 2.75) is 137 Å². The molecule has 180 valence electrons. The Morgan fingerprint density at radius 3 is 0.567 bits per heavy atom. The van der Waals surface area contributed by atoms with Crippen molar-refractivity contribution < 1.29 is 26.6 Å². The Labute approximate surface area is 189 Å². The normalized spacial score (nSPS) is 21.0. The Kier molecular flexibility index (Phi) is 10.9. The molecule has 1 saturated heterocycles. The van der Waals surface area contributed by atoms with Gasteiger partial charge in [-0.25, -0.2) is 0 Å². The summed E-state index contributed by atoms with van der Waals surface area (Å²) in [7, 11) is -8.17. The van der Waals surface area contributed by atoms with Crippen LogP contribution in [0, 0.1) is 0 Å². The van der Waals surface area contributed by atoms with E-state index in [4.69, 9.17) is 26.6 Å². The highest BCUT2D eigenvalue weighted by atomic mass is 28.5. The van der Waals surface area contributed by atoms with Gasteiger partial charge in [-0.3, -0.25) is 0 Å². The lowest BCUT2D eigenvalue weighted by atomic mass is 10.5. The molecule has 1 heterocycles. The molecule has 0 aromatic rings. The average Bonchev–Trinajstić information content (AvgIpc) is 2.39. The van der Waals surface area contributed by atoms with E-state index in [-0.39, 0.29) is 36.6 Å². The molecule has 0 atom stereocenters. The molecule has 0 aromatic carbocycles. The van der Waals surface area contributed by atoms with Crippen molar-refractivity contribution in [2.75, 3.05) is 0 Å². The van der Waals surface area contributed by atoms with Crippen LogP contribution in [0.5, 0.6) is 0 Å². The van der Waals surface area contributed by atoms with Crippen LogP contribution in [0.1, 0.15) is 83.1 Å². The van der Waals surface area contributed by atoms with E-state index < -0.39 is 25.7 Å². The molecule has 0 unspecified atom stereocenters. The molecule has 0 bridgehead atoms. The van der Waals surface area contributed by atoms with Gasteiger partial charge in [0, 0.05) is 53.6 Å². The Morgan fingerprint density at radius 1 is 0.333 bits per heavy atom. The van der Waals surface area contributed by atoms with E-state index in [0.29, 0.717) is 0 Å². The summed E-state index contributed by atoms with van der Waals surface area (Å²) in [6.45, 7) is 25.0. The molecule has 0 radical (unpaired) electrons. The Balaban J connectivity index is 3.63. The maximum atomic E-state index is 6.69. The van der Waals surface area contributed by atoms with E-state index >= 15 is 0 Å². The zero-order valence-corrected chi connectivity index (χ0v) is 24.5. The van der Waals surface area contributed by atoms with Gasteiger partial charge >= 0.3 is 25.7 Å². The Morgan fingerprint density at radius 2 is 0.467 bits per heavy atom. The van der Waals surface area contributed by atoms with Crippen LogP contribution in [0.25, 0.3) is 0 Å². The third kappa shape index (κ3) is 9.11. The Hall–Kier alpha value is 0.411. The molecule has 0 aliphatic carbocycles. The van der Waals surface area contributed by atoms with Crippen molar-refractivity contribution in [3.05, 3.63) is 0 Å². The quantitative estimate of drug-likeness (QED) is 0.344. The second-order valence-corrected chi connectivity index (χ2v) is 21.4. The molecular weight excluding hydrogens is 432 g/mol. The molecular formula is C21H48O6Si3. The van der Waals surface area contributed by atoms with Gasteiger partial charge in [0.2, 0.25) is 0 Å². The fourth-order valence-electron chi connectivity index (χ4n) is 4.58. The van der Waals surface area contributed by atoms with Crippen LogP contribution in [-0.4, -0.2) is 62.3 Å². The second kappa shape index (κ2) is 11.5. The minimum absolute atomic E-state index is 0.0584. The molecule has 6 nitrogen and oxygen atoms in total. The van der Waals surface area contributed by atoms with Crippen LogP contribution < -0.4 is 0 Å². The summed E-state index contributed by atoms with van der Waals surface area (Å²) in [5, 5.41) is 0. The minimum Gasteiger partial charge on any atom is -0.392 e. The first-order chi connectivity index (χ1) is 13.6. The summed E-state index contributed by atoms with van der Waals surface area (Å²) in [4.78, 5) is 0. The first kappa shape index (κ1) is 28.4. The SMILES string of the molecule is CC(C)O[Si]1(OC(C)C)C[Si](OC(C)C)(OC(C)C)C[Si](OC(C)C)(OC(C)C)C1. The molecule has 9 heteroatoms. The van der Waals surface area contributed by atoms with Gasteiger partial charge in [-0.1, -0.05) is 0 Å². The molecule has 30 heavy (non-hydrogen) atoms. The van der Waals surface area contributed by atoms with E-state index in [1.54, 1.807) is 0 Å². The van der Waals surface area contributed by atoms with Crippen molar-refractivity contribution >= 4 is 25.7 Å². The summed E-state index contributed by atoms with van der Waals surface area (Å²) in [6, 6.07) is 0. The monoisotopic (exact) mass is 480 g/mol. The summed E-state index contributed by atoms with van der Waals surface area (Å²) >= 11 is 0. The van der Waals surface area contributed by atoms with E-state index in [2.05, 4.69) is 83.1 Å². The molecule has 0 spiro atoms. The molecule has 0 N–H and O–H groups in total. The predicted octanol–water partition coefficient (Wildman–Crippen LogP) is 5.49. The summed E-state index contributed by atoms with van der Waals surface area (Å²) in [5.74, 6) is 0. The predicted molar refractivity (Wildman–Crippen MR) is 129 cm³/mol. The highest BCUT2D eigenvalue weighted by Gasteiger charge is 2.67. The van der Waals surface area contributed by atoms with Crippen molar-refractivity contribution in [2.24, 2.45) is 0 Å².